The molecule has 2 heterocycles. The van der Waals surface area contributed by atoms with E-state index in [9.17, 15) is 4.39 Å². The van der Waals surface area contributed by atoms with Crippen LogP contribution < -0.4 is 10.5 Å². The minimum atomic E-state index is -0.180. The Labute approximate surface area is 136 Å². The van der Waals surface area contributed by atoms with E-state index in [1.807, 2.05) is 12.1 Å². The van der Waals surface area contributed by atoms with Crippen molar-refractivity contribution in [1.82, 2.24) is 9.88 Å². The molecule has 1 fully saturated rings. The number of hydrogen-bond donors (Lipinski definition) is 1. The van der Waals surface area contributed by atoms with E-state index in [2.05, 4.69) is 9.88 Å². The number of nitrogens with zero attached hydrogens (tertiary/aromatic N) is 2. The summed E-state index contributed by atoms with van der Waals surface area (Å²) in [6.07, 6.45) is 5.52. The molecular weight excluding hydrogens is 293 g/mol. The molecule has 1 aliphatic heterocycles. The van der Waals surface area contributed by atoms with Crippen molar-refractivity contribution >= 4 is 5.69 Å². The molecule has 0 spiro atoms. The van der Waals surface area contributed by atoms with Gasteiger partial charge in [-0.2, -0.15) is 0 Å². The summed E-state index contributed by atoms with van der Waals surface area (Å²) in [5, 5.41) is 0. The SMILES string of the molecule is Nc1cncc(OCC2CCN(Cc3ccc(F)cc3)CC2)c1. The number of ether oxygens (including phenoxy) is 1. The van der Waals surface area contributed by atoms with Gasteiger partial charge in [0.25, 0.3) is 0 Å². The van der Waals surface area contributed by atoms with E-state index in [-0.39, 0.29) is 5.82 Å². The van der Waals surface area contributed by atoms with Crippen LogP contribution in [0.2, 0.25) is 0 Å². The second-order valence-corrected chi connectivity index (χ2v) is 6.11. The molecule has 2 aromatic rings. The predicted molar refractivity (Wildman–Crippen MR) is 88.5 cm³/mol. The molecule has 0 radical (unpaired) electrons. The molecule has 0 saturated carbocycles. The summed E-state index contributed by atoms with van der Waals surface area (Å²) in [6, 6.07) is 8.57. The summed E-state index contributed by atoms with van der Waals surface area (Å²) in [7, 11) is 0. The van der Waals surface area contributed by atoms with E-state index in [0.29, 0.717) is 18.2 Å². The molecular formula is C18H22FN3O. The molecule has 2 N–H and O–H groups in total. The summed E-state index contributed by atoms with van der Waals surface area (Å²) >= 11 is 0. The summed E-state index contributed by atoms with van der Waals surface area (Å²) in [4.78, 5) is 6.44. The highest BCUT2D eigenvalue weighted by atomic mass is 19.1. The lowest BCUT2D eigenvalue weighted by atomic mass is 9.97. The number of nitrogens with two attached hydrogens (primary N) is 1. The number of nitrogen functional groups attached to an aromatic ring is 1. The highest BCUT2D eigenvalue weighted by Gasteiger charge is 2.19. The van der Waals surface area contributed by atoms with Gasteiger partial charge in [0, 0.05) is 12.6 Å². The van der Waals surface area contributed by atoms with Gasteiger partial charge in [-0.1, -0.05) is 12.1 Å². The van der Waals surface area contributed by atoms with Gasteiger partial charge in [-0.3, -0.25) is 9.88 Å². The maximum Gasteiger partial charge on any atom is 0.139 e. The zero-order chi connectivity index (χ0) is 16.1. The van der Waals surface area contributed by atoms with E-state index in [1.165, 1.54) is 12.1 Å². The van der Waals surface area contributed by atoms with E-state index >= 15 is 0 Å². The first-order valence-corrected chi connectivity index (χ1v) is 7.99. The molecule has 5 heteroatoms. The lowest BCUT2D eigenvalue weighted by molar-refractivity contribution is 0.136. The van der Waals surface area contributed by atoms with Crippen LogP contribution in [0.3, 0.4) is 0 Å². The van der Waals surface area contributed by atoms with Gasteiger partial charge >= 0.3 is 0 Å². The molecule has 0 atom stereocenters. The lowest BCUT2D eigenvalue weighted by Crippen LogP contribution is -2.35. The second kappa shape index (κ2) is 7.42. The molecule has 1 aliphatic rings. The van der Waals surface area contributed by atoms with Gasteiger partial charge in [-0.15, -0.1) is 0 Å². The van der Waals surface area contributed by atoms with E-state index in [4.69, 9.17) is 10.5 Å². The van der Waals surface area contributed by atoms with Crippen molar-refractivity contribution in [3.05, 3.63) is 54.1 Å². The molecule has 1 saturated heterocycles. The van der Waals surface area contributed by atoms with Crippen LogP contribution in [0, 0.1) is 11.7 Å². The number of hydrogen-bond acceptors (Lipinski definition) is 4. The molecule has 23 heavy (non-hydrogen) atoms. The maximum atomic E-state index is 12.9. The van der Waals surface area contributed by atoms with Crippen molar-refractivity contribution in [3.63, 3.8) is 0 Å². The number of likely N-dealkylation sites (tertiary alicyclic amines) is 1. The quantitative estimate of drug-likeness (QED) is 0.921. The van der Waals surface area contributed by atoms with Crippen LogP contribution in [-0.4, -0.2) is 29.6 Å². The van der Waals surface area contributed by atoms with Crippen molar-refractivity contribution in [1.29, 1.82) is 0 Å². The van der Waals surface area contributed by atoms with Crippen LogP contribution in [0.4, 0.5) is 10.1 Å². The number of halogens is 1. The van der Waals surface area contributed by atoms with Gasteiger partial charge in [0.1, 0.15) is 11.6 Å². The first kappa shape index (κ1) is 15.7. The predicted octanol–water partition coefficient (Wildman–Crippen LogP) is 3.09. The number of pyridine rings is 1. The largest absolute Gasteiger partial charge is 0.492 e. The van der Waals surface area contributed by atoms with E-state index < -0.39 is 0 Å². The lowest BCUT2D eigenvalue weighted by Gasteiger charge is -2.31. The zero-order valence-corrected chi connectivity index (χ0v) is 13.1. The van der Waals surface area contributed by atoms with Gasteiger partial charge in [-0.05, 0) is 49.5 Å². The number of benzene rings is 1. The van der Waals surface area contributed by atoms with E-state index in [0.717, 1.165) is 43.8 Å². The zero-order valence-electron chi connectivity index (χ0n) is 13.1. The summed E-state index contributed by atoms with van der Waals surface area (Å²) < 4.78 is 18.7. The molecule has 0 aliphatic carbocycles. The Morgan fingerprint density at radius 3 is 2.61 bits per heavy atom. The summed E-state index contributed by atoms with van der Waals surface area (Å²) in [5.74, 6) is 1.11. The average molecular weight is 315 g/mol. The maximum absolute atomic E-state index is 12.9. The first-order valence-electron chi connectivity index (χ1n) is 7.99. The highest BCUT2D eigenvalue weighted by molar-refractivity contribution is 5.39. The Morgan fingerprint density at radius 1 is 1.17 bits per heavy atom. The monoisotopic (exact) mass is 315 g/mol. The van der Waals surface area contributed by atoms with Crippen LogP contribution in [0.15, 0.2) is 42.7 Å². The van der Waals surface area contributed by atoms with Crippen molar-refractivity contribution in [3.8, 4) is 5.75 Å². The molecule has 0 amide bonds. The van der Waals surface area contributed by atoms with Crippen molar-refractivity contribution < 1.29 is 9.13 Å². The van der Waals surface area contributed by atoms with Crippen LogP contribution in [0.5, 0.6) is 5.75 Å². The molecule has 0 unspecified atom stereocenters. The fourth-order valence-electron chi connectivity index (χ4n) is 2.89. The topological polar surface area (TPSA) is 51.4 Å². The Hall–Kier alpha value is -2.14. The van der Waals surface area contributed by atoms with Crippen LogP contribution in [0.25, 0.3) is 0 Å². The molecule has 1 aromatic heterocycles. The number of piperidine rings is 1. The van der Waals surface area contributed by atoms with Crippen molar-refractivity contribution in [2.75, 3.05) is 25.4 Å². The van der Waals surface area contributed by atoms with Crippen LogP contribution in [-0.2, 0) is 6.54 Å². The average Bonchev–Trinajstić information content (AvgIpc) is 2.56. The Kier molecular flexibility index (Phi) is 5.08. The fraction of sp³-hybridized carbons (Fsp3) is 0.389. The molecule has 4 nitrogen and oxygen atoms in total. The van der Waals surface area contributed by atoms with Crippen molar-refractivity contribution in [2.24, 2.45) is 5.92 Å². The van der Waals surface area contributed by atoms with Crippen LogP contribution in [0.1, 0.15) is 18.4 Å². The summed E-state index contributed by atoms with van der Waals surface area (Å²) in [5.41, 5.74) is 7.48. The number of aromatic nitrogens is 1. The Morgan fingerprint density at radius 2 is 1.91 bits per heavy atom. The normalized spacial score (nSPS) is 16.4. The molecule has 122 valence electrons. The minimum absolute atomic E-state index is 0.180. The van der Waals surface area contributed by atoms with Crippen molar-refractivity contribution in [2.45, 2.75) is 19.4 Å². The molecule has 0 bridgehead atoms. The highest BCUT2D eigenvalue weighted by Crippen LogP contribution is 2.21. The third kappa shape index (κ3) is 4.66. The summed E-state index contributed by atoms with van der Waals surface area (Å²) in [6.45, 7) is 3.67. The van der Waals surface area contributed by atoms with Gasteiger partial charge in [-0.25, -0.2) is 4.39 Å². The molecule has 3 rings (SSSR count). The van der Waals surface area contributed by atoms with E-state index in [1.54, 1.807) is 18.5 Å². The minimum Gasteiger partial charge on any atom is -0.492 e. The van der Waals surface area contributed by atoms with Gasteiger partial charge in [0.05, 0.1) is 24.7 Å². The number of anilines is 1. The Bertz CT molecular complexity index is 624. The third-order valence-corrected chi connectivity index (χ3v) is 4.25. The first-order chi connectivity index (χ1) is 11.2. The standard InChI is InChI=1S/C18H22FN3O/c19-16-3-1-14(2-4-16)12-22-7-5-15(6-8-22)13-23-18-9-17(20)10-21-11-18/h1-4,9-11,15H,5-8,12-13,20H2. The van der Waals surface area contributed by atoms with Gasteiger partial charge < -0.3 is 10.5 Å². The van der Waals surface area contributed by atoms with Gasteiger partial charge in [0.2, 0.25) is 0 Å². The second-order valence-electron chi connectivity index (χ2n) is 6.11. The molecule has 1 aromatic carbocycles. The smallest absolute Gasteiger partial charge is 0.139 e. The third-order valence-electron chi connectivity index (χ3n) is 4.25. The van der Waals surface area contributed by atoms with Gasteiger partial charge in [0.15, 0.2) is 0 Å². The fourth-order valence-corrected chi connectivity index (χ4v) is 2.89. The Balaban J connectivity index is 1.42. The van der Waals surface area contributed by atoms with Crippen LogP contribution >= 0.6 is 0 Å². The number of rotatable bonds is 5.